The minimum atomic E-state index is -1.03. The number of hydrogen-bond donors (Lipinski definition) is 1. The van der Waals surface area contributed by atoms with Gasteiger partial charge in [-0.3, -0.25) is 0 Å². The van der Waals surface area contributed by atoms with Crippen LogP contribution in [0, 0.1) is 0 Å². The van der Waals surface area contributed by atoms with Crippen molar-refractivity contribution in [2.24, 2.45) is 0 Å². The van der Waals surface area contributed by atoms with Gasteiger partial charge in [0.15, 0.2) is 0 Å². The molecule has 0 radical (unpaired) electrons. The van der Waals surface area contributed by atoms with Crippen LogP contribution in [0.1, 0.15) is 33.1 Å². The third kappa shape index (κ3) is 6.38. The highest BCUT2D eigenvalue weighted by Gasteiger charge is 2.17. The summed E-state index contributed by atoms with van der Waals surface area (Å²) in [5, 5.41) is 5.20. The number of allylic oxidation sites excluding steroid dienone is 1. The first-order chi connectivity index (χ1) is 6.52. The molecule has 1 N–H and O–H groups in total. The summed E-state index contributed by atoms with van der Waals surface area (Å²) in [6, 6.07) is 0. The molecule has 0 unspecified atom stereocenters. The molecule has 0 aromatic rings. The van der Waals surface area contributed by atoms with Crippen molar-refractivity contribution >= 4 is 8.07 Å². The Bertz CT molecular complexity index is 168. The summed E-state index contributed by atoms with van der Waals surface area (Å²) >= 11 is 0. The predicted octanol–water partition coefficient (Wildman–Crippen LogP) is 3.59. The molecule has 2 heteroatoms. The van der Waals surface area contributed by atoms with Gasteiger partial charge in [-0.15, -0.1) is 0 Å². The van der Waals surface area contributed by atoms with Gasteiger partial charge in [-0.2, -0.15) is 0 Å². The van der Waals surface area contributed by atoms with Gasteiger partial charge in [0.25, 0.3) is 0 Å². The van der Waals surface area contributed by atoms with Crippen LogP contribution in [0.15, 0.2) is 11.3 Å². The average molecular weight is 213 g/mol. The lowest BCUT2D eigenvalue weighted by Gasteiger charge is -2.21. The average Bonchev–Trinajstić information content (AvgIpc) is 2.09. The first-order valence-corrected chi connectivity index (χ1v) is 9.38. The van der Waals surface area contributed by atoms with Crippen molar-refractivity contribution in [1.82, 2.24) is 5.32 Å². The van der Waals surface area contributed by atoms with Gasteiger partial charge < -0.3 is 5.32 Å². The van der Waals surface area contributed by atoms with Crippen LogP contribution in [0.25, 0.3) is 0 Å². The monoisotopic (exact) mass is 213 g/mol. The van der Waals surface area contributed by atoms with E-state index < -0.39 is 8.07 Å². The van der Waals surface area contributed by atoms with Gasteiger partial charge in [0.05, 0.1) is 8.07 Å². The van der Waals surface area contributed by atoms with Crippen molar-refractivity contribution in [2.75, 3.05) is 13.1 Å². The zero-order chi connectivity index (χ0) is 11.0. The summed E-state index contributed by atoms with van der Waals surface area (Å²) in [5.41, 5.74) is 0. The minimum Gasteiger partial charge on any atom is -0.316 e. The summed E-state index contributed by atoms with van der Waals surface area (Å²) in [4.78, 5) is 0. The lowest BCUT2D eigenvalue weighted by molar-refractivity contribution is 0.642. The third-order valence-electron chi connectivity index (χ3n) is 2.59. The summed E-state index contributed by atoms with van der Waals surface area (Å²) in [5.74, 6) is 0. The van der Waals surface area contributed by atoms with Crippen molar-refractivity contribution in [3.8, 4) is 0 Å². The number of hydrogen-bond acceptors (Lipinski definition) is 1. The quantitative estimate of drug-likeness (QED) is 0.503. The molecule has 0 aliphatic rings. The fourth-order valence-electron chi connectivity index (χ4n) is 1.60. The molecule has 0 heterocycles. The standard InChI is InChI=1S/C12H27NSi/c1-6-8-10-13-11-9-12(7-2)14(3,4)5/h7,13H,6,8-11H2,1-5H3/b12-7-. The molecule has 0 spiro atoms. The van der Waals surface area contributed by atoms with Gasteiger partial charge in [0.1, 0.15) is 0 Å². The van der Waals surface area contributed by atoms with Crippen LogP contribution in [-0.2, 0) is 0 Å². The van der Waals surface area contributed by atoms with Crippen LogP contribution in [0.4, 0.5) is 0 Å². The predicted molar refractivity (Wildman–Crippen MR) is 69.5 cm³/mol. The molecule has 0 saturated heterocycles. The molecule has 0 aliphatic carbocycles. The van der Waals surface area contributed by atoms with E-state index in [1.54, 1.807) is 5.20 Å². The topological polar surface area (TPSA) is 12.0 Å². The van der Waals surface area contributed by atoms with Crippen LogP contribution in [-0.4, -0.2) is 21.2 Å². The molecule has 0 aromatic heterocycles. The zero-order valence-corrected chi connectivity index (χ0v) is 11.6. The Morgan fingerprint density at radius 3 is 2.29 bits per heavy atom. The Morgan fingerprint density at radius 2 is 1.86 bits per heavy atom. The number of unbranched alkanes of at least 4 members (excludes halogenated alkanes) is 1. The molecule has 0 atom stereocenters. The maximum Gasteiger partial charge on any atom is 0.0720 e. The highest BCUT2D eigenvalue weighted by Crippen LogP contribution is 2.16. The Kier molecular flexibility index (Phi) is 7.20. The fourth-order valence-corrected chi connectivity index (χ4v) is 3.34. The van der Waals surface area contributed by atoms with Crippen molar-refractivity contribution in [1.29, 1.82) is 0 Å². The molecule has 0 amide bonds. The van der Waals surface area contributed by atoms with Crippen molar-refractivity contribution in [2.45, 2.75) is 52.8 Å². The summed E-state index contributed by atoms with van der Waals surface area (Å²) in [7, 11) is -1.03. The molecule has 0 saturated carbocycles. The Morgan fingerprint density at radius 1 is 1.21 bits per heavy atom. The molecule has 0 fully saturated rings. The van der Waals surface area contributed by atoms with E-state index in [0.717, 1.165) is 6.54 Å². The normalized spacial score (nSPS) is 13.4. The van der Waals surface area contributed by atoms with E-state index in [-0.39, 0.29) is 0 Å². The van der Waals surface area contributed by atoms with Crippen LogP contribution < -0.4 is 5.32 Å². The molecular weight excluding hydrogens is 186 g/mol. The van der Waals surface area contributed by atoms with Crippen molar-refractivity contribution in [3.63, 3.8) is 0 Å². The SMILES string of the molecule is C/C=C(/CCNCCCC)[Si](C)(C)C. The second-order valence-corrected chi connectivity index (χ2v) is 10.1. The highest BCUT2D eigenvalue weighted by molar-refractivity contribution is 6.83. The molecule has 14 heavy (non-hydrogen) atoms. The zero-order valence-electron chi connectivity index (χ0n) is 10.6. The second kappa shape index (κ2) is 7.24. The summed E-state index contributed by atoms with van der Waals surface area (Å²) in [6.45, 7) is 14.0. The minimum absolute atomic E-state index is 1.03. The Balaban J connectivity index is 3.66. The van der Waals surface area contributed by atoms with E-state index in [1.807, 2.05) is 0 Å². The van der Waals surface area contributed by atoms with E-state index in [1.165, 1.54) is 25.8 Å². The van der Waals surface area contributed by atoms with Crippen LogP contribution in [0.2, 0.25) is 19.6 Å². The smallest absolute Gasteiger partial charge is 0.0720 e. The summed E-state index contributed by atoms with van der Waals surface area (Å²) in [6.07, 6.45) is 6.17. The van der Waals surface area contributed by atoms with E-state index in [2.05, 4.69) is 44.9 Å². The number of nitrogens with one attached hydrogen (secondary N) is 1. The summed E-state index contributed by atoms with van der Waals surface area (Å²) < 4.78 is 0. The maximum absolute atomic E-state index is 3.50. The third-order valence-corrected chi connectivity index (χ3v) is 5.06. The van der Waals surface area contributed by atoms with Gasteiger partial charge in [0.2, 0.25) is 0 Å². The lowest BCUT2D eigenvalue weighted by atomic mass is 10.3. The van der Waals surface area contributed by atoms with Crippen molar-refractivity contribution < 1.29 is 0 Å². The van der Waals surface area contributed by atoms with E-state index in [0.29, 0.717) is 0 Å². The first kappa shape index (κ1) is 13.9. The number of rotatable bonds is 7. The van der Waals surface area contributed by atoms with Crippen LogP contribution in [0.5, 0.6) is 0 Å². The highest BCUT2D eigenvalue weighted by atomic mass is 28.3. The first-order valence-electron chi connectivity index (χ1n) is 5.88. The van der Waals surface area contributed by atoms with Gasteiger partial charge in [-0.05, 0) is 32.9 Å². The van der Waals surface area contributed by atoms with E-state index >= 15 is 0 Å². The van der Waals surface area contributed by atoms with Gasteiger partial charge in [0, 0.05) is 0 Å². The largest absolute Gasteiger partial charge is 0.316 e. The molecule has 0 aliphatic heterocycles. The van der Waals surface area contributed by atoms with Gasteiger partial charge in [-0.25, -0.2) is 0 Å². The Hall–Kier alpha value is -0.0831. The van der Waals surface area contributed by atoms with Gasteiger partial charge >= 0.3 is 0 Å². The Labute approximate surface area is 91.0 Å². The van der Waals surface area contributed by atoms with Gasteiger partial charge in [-0.1, -0.05) is 44.3 Å². The molecule has 0 aromatic carbocycles. The molecule has 0 rings (SSSR count). The molecule has 84 valence electrons. The fraction of sp³-hybridized carbons (Fsp3) is 0.833. The maximum atomic E-state index is 3.50. The lowest BCUT2D eigenvalue weighted by Crippen LogP contribution is -2.27. The van der Waals surface area contributed by atoms with E-state index in [9.17, 15) is 0 Å². The molecular formula is C12H27NSi. The second-order valence-electron chi connectivity index (χ2n) is 4.92. The van der Waals surface area contributed by atoms with E-state index in [4.69, 9.17) is 0 Å². The molecule has 1 nitrogen and oxygen atoms in total. The molecule has 0 bridgehead atoms. The van der Waals surface area contributed by atoms with Crippen molar-refractivity contribution in [3.05, 3.63) is 11.3 Å². The van der Waals surface area contributed by atoms with Crippen LogP contribution in [0.3, 0.4) is 0 Å². The van der Waals surface area contributed by atoms with Crippen LogP contribution >= 0.6 is 0 Å².